The predicted octanol–water partition coefficient (Wildman–Crippen LogP) is 6.39. The molecule has 4 aromatic carbocycles. The summed E-state index contributed by atoms with van der Waals surface area (Å²) < 4.78 is 27.7. The van der Waals surface area contributed by atoms with Crippen LogP contribution in [0.3, 0.4) is 0 Å². The number of aryl methyl sites for hydroxylation is 4. The number of hydrogen-bond acceptors (Lipinski definition) is 14. The number of alkyl halides is 1. The highest BCUT2D eigenvalue weighted by atomic mass is 35.5. The normalized spacial score (nSPS) is 11.0. The van der Waals surface area contributed by atoms with Crippen LogP contribution >= 0.6 is 34.8 Å². The fourth-order valence-electron chi connectivity index (χ4n) is 7.18. The molecule has 20 nitrogen and oxygen atoms in total. The Morgan fingerprint density at radius 1 is 0.563 bits per heavy atom. The van der Waals surface area contributed by atoms with E-state index in [0.29, 0.717) is 71.1 Å². The van der Waals surface area contributed by atoms with Crippen LogP contribution in [0, 0.1) is 0 Å². The summed E-state index contributed by atoms with van der Waals surface area (Å²) in [4.78, 5) is 57.0. The number of hydrogen-bond donors (Lipinski definition) is 1. The number of aromatic amines is 1. The Balaban J connectivity index is 0.000000158. The maximum atomic E-state index is 13.2. The van der Waals surface area contributed by atoms with Crippen molar-refractivity contribution in [3.05, 3.63) is 208 Å². The zero-order valence-corrected chi connectivity index (χ0v) is 40.3. The van der Waals surface area contributed by atoms with Gasteiger partial charge in [-0.05, 0) is 83.6 Å². The average Bonchev–Trinajstić information content (AvgIpc) is 4.18. The number of methoxy groups -OCH3 is 2. The summed E-state index contributed by atoms with van der Waals surface area (Å²) in [5, 5.41) is 19.8. The minimum absolute atomic E-state index is 0.0777. The van der Waals surface area contributed by atoms with Crippen molar-refractivity contribution in [1.29, 1.82) is 0 Å². The van der Waals surface area contributed by atoms with Gasteiger partial charge in [-0.1, -0.05) is 71.7 Å². The van der Waals surface area contributed by atoms with Crippen LogP contribution in [-0.2, 0) is 51.4 Å². The summed E-state index contributed by atoms with van der Waals surface area (Å²) >= 11 is 17.2. The van der Waals surface area contributed by atoms with E-state index in [4.69, 9.17) is 53.1 Å². The van der Waals surface area contributed by atoms with Gasteiger partial charge in [-0.2, -0.15) is 19.6 Å². The van der Waals surface area contributed by atoms with E-state index < -0.39 is 11.5 Å². The zero-order chi connectivity index (χ0) is 49.9. The van der Waals surface area contributed by atoms with E-state index in [0.717, 1.165) is 33.8 Å². The van der Waals surface area contributed by atoms with Crippen molar-refractivity contribution in [2.24, 2.45) is 0 Å². The second-order valence-electron chi connectivity index (χ2n) is 15.6. The molecular weight excluding hydrogens is 979 g/mol. The molecular formula is C48H43Cl3N12O8. The van der Waals surface area contributed by atoms with Gasteiger partial charge in [-0.3, -0.25) is 9.59 Å². The lowest BCUT2D eigenvalue weighted by Crippen LogP contribution is -2.25. The molecule has 1 N–H and O–H groups in total. The van der Waals surface area contributed by atoms with E-state index in [2.05, 4.69) is 35.5 Å². The maximum absolute atomic E-state index is 13.2. The standard InChI is InChI=1S/C24H21ClN6O4.C13H12N4O2.C11H10Cl2N2O2/c1-34-19-8-4-17(5-9-19)13-29-15-26-20-12-27-31(23(32)22(20)29)14-21-28-30(24(33)35-21)11-10-16-2-6-18(25)7-3-16;1-19-10-4-2-9(3-5-10)7-17-8-14-11-6-15-16-13(18)12(11)17;12-7-10-14-15(11(16)17-10)6-5-8-1-3-9(13)4-2-8/h2-9,12,15H,10-11,13-14H2,1H3;2-6,8H,7H2,1H3,(H,16,18);1-4H,5-7H2. The SMILES string of the molecule is COc1ccc(Cn2cnc3cn[nH]c(=O)c32)cc1.COc1ccc(Cn2cnc3cnn(Cc4nn(CCc5ccc(Cl)cc5)c(=O)o4)c(=O)c32)cc1.O=c1oc(CCl)nn1CCc1ccc(Cl)cc1. The minimum atomic E-state index is -0.590. The number of H-pyrrole nitrogens is 1. The molecule has 0 spiro atoms. The first kappa shape index (κ1) is 49.4. The number of fused-ring (bicyclic) bond motifs is 2. The van der Waals surface area contributed by atoms with E-state index in [9.17, 15) is 19.2 Å². The van der Waals surface area contributed by atoms with E-state index in [1.54, 1.807) is 54.3 Å². The number of aromatic nitrogens is 12. The van der Waals surface area contributed by atoms with Gasteiger partial charge in [0.15, 0.2) is 0 Å². The molecule has 0 amide bonds. The minimum Gasteiger partial charge on any atom is -0.497 e. The highest BCUT2D eigenvalue weighted by Gasteiger charge is 2.16. The maximum Gasteiger partial charge on any atom is 0.437 e. The summed E-state index contributed by atoms with van der Waals surface area (Å²) in [5.41, 5.74) is 5.57. The van der Waals surface area contributed by atoms with Crippen LogP contribution in [0.25, 0.3) is 22.1 Å². The summed E-state index contributed by atoms with van der Waals surface area (Å²) in [5.74, 6) is 0.936. The Morgan fingerprint density at radius 2 is 1.03 bits per heavy atom. The van der Waals surface area contributed by atoms with Crippen molar-refractivity contribution in [2.75, 3.05) is 14.2 Å². The van der Waals surface area contributed by atoms with Crippen LogP contribution in [0.15, 0.2) is 150 Å². The number of nitrogens with zero attached hydrogens (tertiary/aromatic N) is 11. The molecule has 6 heterocycles. The molecule has 6 aromatic heterocycles. The molecule has 0 saturated carbocycles. The van der Waals surface area contributed by atoms with Crippen molar-refractivity contribution in [3.8, 4) is 11.5 Å². The Bertz CT molecular complexity index is 3600. The second-order valence-corrected chi connectivity index (χ2v) is 16.7. The molecule has 0 unspecified atom stereocenters. The van der Waals surface area contributed by atoms with Crippen molar-refractivity contribution in [2.45, 2.75) is 51.4 Å². The Morgan fingerprint density at radius 3 is 1.52 bits per heavy atom. The monoisotopic (exact) mass is 1020 g/mol. The van der Waals surface area contributed by atoms with Gasteiger partial charge in [-0.15, -0.1) is 21.8 Å². The Hall–Kier alpha value is -8.07. The molecule has 0 saturated heterocycles. The fraction of sp³-hybridized carbons (Fsp3) is 0.208. The smallest absolute Gasteiger partial charge is 0.437 e. The van der Waals surface area contributed by atoms with Crippen LogP contribution in [0.2, 0.25) is 10.0 Å². The summed E-state index contributed by atoms with van der Waals surface area (Å²) in [6.45, 7) is 1.74. The second kappa shape index (κ2) is 23.0. The quantitative estimate of drug-likeness (QED) is 0.110. The number of nitrogens with one attached hydrogen (secondary N) is 1. The predicted molar refractivity (Wildman–Crippen MR) is 265 cm³/mol. The van der Waals surface area contributed by atoms with E-state index in [-0.39, 0.29) is 35.3 Å². The molecule has 10 rings (SSSR count). The van der Waals surface area contributed by atoms with Crippen molar-refractivity contribution >= 4 is 56.9 Å². The number of benzene rings is 4. The van der Waals surface area contributed by atoms with Crippen LogP contribution in [0.4, 0.5) is 0 Å². The highest BCUT2D eigenvalue weighted by molar-refractivity contribution is 6.30. The van der Waals surface area contributed by atoms with Gasteiger partial charge in [0, 0.05) is 23.1 Å². The fourth-order valence-corrected chi connectivity index (χ4v) is 7.54. The number of ether oxygens (including phenoxy) is 2. The zero-order valence-electron chi connectivity index (χ0n) is 38.0. The molecule has 10 aromatic rings. The summed E-state index contributed by atoms with van der Waals surface area (Å²) in [7, 11) is 3.24. The Kier molecular flexibility index (Phi) is 16.0. The number of halogens is 3. The summed E-state index contributed by atoms with van der Waals surface area (Å²) in [6.07, 6.45) is 7.57. The molecule has 0 aliphatic carbocycles. The van der Waals surface area contributed by atoms with Gasteiger partial charge in [0.05, 0.1) is 52.4 Å². The third kappa shape index (κ3) is 12.6. The van der Waals surface area contributed by atoms with Gasteiger partial charge >= 0.3 is 11.5 Å². The molecule has 71 heavy (non-hydrogen) atoms. The van der Waals surface area contributed by atoms with Crippen LogP contribution in [0.1, 0.15) is 34.0 Å². The molecule has 0 bridgehead atoms. The number of imidazole rings is 2. The van der Waals surface area contributed by atoms with E-state index in [1.807, 2.05) is 84.9 Å². The van der Waals surface area contributed by atoms with E-state index >= 15 is 0 Å². The first-order chi connectivity index (χ1) is 34.5. The van der Waals surface area contributed by atoms with Crippen LogP contribution < -0.4 is 32.1 Å². The first-order valence-electron chi connectivity index (χ1n) is 21.7. The molecule has 0 atom stereocenters. The van der Waals surface area contributed by atoms with Gasteiger partial charge < -0.3 is 27.4 Å². The van der Waals surface area contributed by atoms with Gasteiger partial charge in [0.2, 0.25) is 11.8 Å². The number of rotatable bonds is 15. The van der Waals surface area contributed by atoms with E-state index in [1.165, 1.54) is 20.2 Å². The van der Waals surface area contributed by atoms with Crippen LogP contribution in [0.5, 0.6) is 11.5 Å². The van der Waals surface area contributed by atoms with Crippen molar-refractivity contribution in [3.63, 3.8) is 0 Å². The average molecular weight is 1020 g/mol. The van der Waals surface area contributed by atoms with Gasteiger partial charge in [0.1, 0.15) is 46.0 Å². The lowest BCUT2D eigenvalue weighted by atomic mass is 10.1. The molecule has 0 fully saturated rings. The third-order valence-corrected chi connectivity index (χ3v) is 11.6. The van der Waals surface area contributed by atoms with Crippen molar-refractivity contribution < 1.29 is 18.3 Å². The molecule has 0 aliphatic heterocycles. The molecule has 364 valence electrons. The lowest BCUT2D eigenvalue weighted by Gasteiger charge is -2.07. The Labute approximate surface area is 417 Å². The topological polar surface area (TPSA) is 231 Å². The highest BCUT2D eigenvalue weighted by Crippen LogP contribution is 2.17. The summed E-state index contributed by atoms with van der Waals surface area (Å²) in [6, 6.07) is 30.1. The first-order valence-corrected chi connectivity index (χ1v) is 23.0. The molecule has 0 radical (unpaired) electrons. The van der Waals surface area contributed by atoms with Crippen LogP contribution in [-0.4, -0.2) is 72.9 Å². The molecule has 0 aliphatic rings. The van der Waals surface area contributed by atoms with Crippen molar-refractivity contribution in [1.82, 2.24) is 58.6 Å². The molecule has 23 heteroatoms. The van der Waals surface area contributed by atoms with Gasteiger partial charge in [-0.25, -0.2) is 29.3 Å². The lowest BCUT2D eigenvalue weighted by molar-refractivity contribution is 0.414. The third-order valence-electron chi connectivity index (χ3n) is 10.8. The van der Waals surface area contributed by atoms with Gasteiger partial charge in [0.25, 0.3) is 11.1 Å². The largest absolute Gasteiger partial charge is 0.497 e.